The third-order valence-corrected chi connectivity index (χ3v) is 4.42. The van der Waals surface area contributed by atoms with Gasteiger partial charge >= 0.3 is 0 Å². The number of halogens is 1. The van der Waals surface area contributed by atoms with E-state index in [4.69, 9.17) is 10.5 Å². The van der Waals surface area contributed by atoms with E-state index >= 15 is 0 Å². The van der Waals surface area contributed by atoms with Gasteiger partial charge in [-0.3, -0.25) is 0 Å². The number of benzene rings is 2. The predicted molar refractivity (Wildman–Crippen MR) is 81.8 cm³/mol. The maximum atomic E-state index is 14.1. The molecule has 0 heterocycles. The second-order valence-electron chi connectivity index (χ2n) is 4.55. The van der Waals surface area contributed by atoms with E-state index in [1.54, 1.807) is 30.0 Å². The predicted octanol–water partition coefficient (Wildman–Crippen LogP) is 3.93. The van der Waals surface area contributed by atoms with Crippen LogP contribution in [0.5, 0.6) is 5.75 Å². The second-order valence-corrected chi connectivity index (χ2v) is 5.61. The van der Waals surface area contributed by atoms with Crippen molar-refractivity contribution in [3.63, 3.8) is 0 Å². The van der Waals surface area contributed by atoms with Gasteiger partial charge in [-0.05, 0) is 24.6 Å². The van der Waals surface area contributed by atoms with Crippen LogP contribution in [-0.4, -0.2) is 12.9 Å². The summed E-state index contributed by atoms with van der Waals surface area (Å²) >= 11 is 1.64. The van der Waals surface area contributed by atoms with Crippen LogP contribution in [-0.2, 0) is 0 Å². The molecule has 2 nitrogen and oxygen atoms in total. The molecule has 2 aromatic carbocycles. The van der Waals surface area contributed by atoms with Gasteiger partial charge in [-0.1, -0.05) is 30.3 Å². The van der Waals surface area contributed by atoms with Crippen molar-refractivity contribution in [3.05, 3.63) is 59.4 Å². The van der Waals surface area contributed by atoms with Gasteiger partial charge in [-0.15, -0.1) is 11.8 Å². The van der Waals surface area contributed by atoms with E-state index in [0.717, 1.165) is 0 Å². The zero-order valence-electron chi connectivity index (χ0n) is 11.6. The molecular formula is C16H18FNOS. The van der Waals surface area contributed by atoms with Gasteiger partial charge in [0.25, 0.3) is 0 Å². The van der Waals surface area contributed by atoms with Crippen LogP contribution in [0.4, 0.5) is 4.39 Å². The Morgan fingerprint density at radius 3 is 2.65 bits per heavy atom. The minimum Gasteiger partial charge on any atom is -0.494 e. The summed E-state index contributed by atoms with van der Waals surface area (Å²) in [5.74, 6) is 0.487. The van der Waals surface area contributed by atoms with E-state index in [1.807, 2.05) is 12.1 Å². The fraction of sp³-hybridized carbons (Fsp3) is 0.250. The number of hydrogen-bond donors (Lipinski definition) is 1. The Kier molecular flexibility index (Phi) is 5.04. The minimum absolute atomic E-state index is 0.235. The van der Waals surface area contributed by atoms with E-state index in [0.29, 0.717) is 11.3 Å². The highest BCUT2D eigenvalue weighted by Gasteiger charge is 2.15. The molecule has 0 saturated heterocycles. The van der Waals surface area contributed by atoms with E-state index in [9.17, 15) is 4.39 Å². The SMILES string of the molecule is COc1cccc(C(N)CSc2ccccc2C)c1F. The van der Waals surface area contributed by atoms with Crippen LogP contribution >= 0.6 is 11.8 Å². The number of thioether (sulfide) groups is 1. The Hall–Kier alpha value is -1.52. The first-order valence-corrected chi connectivity index (χ1v) is 7.38. The Labute approximate surface area is 123 Å². The van der Waals surface area contributed by atoms with Crippen molar-refractivity contribution in [1.82, 2.24) is 0 Å². The van der Waals surface area contributed by atoms with Gasteiger partial charge in [-0.2, -0.15) is 0 Å². The number of aryl methyl sites for hydroxylation is 1. The summed E-state index contributed by atoms with van der Waals surface area (Å²) in [4.78, 5) is 1.17. The summed E-state index contributed by atoms with van der Waals surface area (Å²) in [5, 5.41) is 0. The molecule has 1 unspecified atom stereocenters. The summed E-state index contributed by atoms with van der Waals surface area (Å²) in [7, 11) is 1.45. The highest BCUT2D eigenvalue weighted by Crippen LogP contribution is 2.29. The van der Waals surface area contributed by atoms with Crippen LogP contribution in [0.3, 0.4) is 0 Å². The maximum absolute atomic E-state index is 14.1. The molecule has 0 fully saturated rings. The van der Waals surface area contributed by atoms with Gasteiger partial charge < -0.3 is 10.5 Å². The number of methoxy groups -OCH3 is 1. The highest BCUT2D eigenvalue weighted by atomic mass is 32.2. The smallest absolute Gasteiger partial charge is 0.169 e. The molecule has 0 spiro atoms. The lowest BCUT2D eigenvalue weighted by Crippen LogP contribution is -2.15. The standard InChI is InChI=1S/C16H18FNOS/c1-11-6-3-4-9-15(11)20-10-13(18)12-7-5-8-14(19-2)16(12)17/h3-9,13H,10,18H2,1-2H3. The van der Waals surface area contributed by atoms with E-state index in [-0.39, 0.29) is 17.6 Å². The summed E-state index contributed by atoms with van der Waals surface area (Å²) in [6.45, 7) is 2.06. The summed E-state index contributed by atoms with van der Waals surface area (Å²) < 4.78 is 19.1. The number of hydrogen-bond acceptors (Lipinski definition) is 3. The monoisotopic (exact) mass is 291 g/mol. The average Bonchev–Trinajstić information content (AvgIpc) is 2.46. The molecule has 2 rings (SSSR count). The molecule has 0 aliphatic carbocycles. The third-order valence-electron chi connectivity index (χ3n) is 3.12. The Morgan fingerprint density at radius 1 is 1.20 bits per heavy atom. The largest absolute Gasteiger partial charge is 0.494 e. The van der Waals surface area contributed by atoms with Crippen LogP contribution in [0.25, 0.3) is 0 Å². The third kappa shape index (κ3) is 3.32. The molecule has 106 valence electrons. The van der Waals surface area contributed by atoms with Gasteiger partial charge in [0.2, 0.25) is 0 Å². The molecule has 1 atom stereocenters. The van der Waals surface area contributed by atoms with Crippen molar-refractivity contribution in [2.75, 3.05) is 12.9 Å². The molecule has 20 heavy (non-hydrogen) atoms. The van der Waals surface area contributed by atoms with Crippen molar-refractivity contribution in [1.29, 1.82) is 0 Å². The van der Waals surface area contributed by atoms with Gasteiger partial charge in [0.1, 0.15) is 0 Å². The summed E-state index contributed by atoms with van der Waals surface area (Å²) in [6, 6.07) is 12.8. The van der Waals surface area contributed by atoms with Crippen molar-refractivity contribution in [3.8, 4) is 5.75 Å². The molecule has 0 amide bonds. The number of ether oxygens (including phenoxy) is 1. The second kappa shape index (κ2) is 6.77. The molecule has 0 radical (unpaired) electrons. The van der Waals surface area contributed by atoms with Crippen LogP contribution in [0.1, 0.15) is 17.2 Å². The molecule has 0 bridgehead atoms. The average molecular weight is 291 g/mol. The number of rotatable bonds is 5. The Balaban J connectivity index is 2.09. The van der Waals surface area contributed by atoms with Gasteiger partial charge in [0.05, 0.1) is 7.11 Å². The van der Waals surface area contributed by atoms with E-state index in [1.165, 1.54) is 17.6 Å². The molecule has 0 aliphatic rings. The van der Waals surface area contributed by atoms with E-state index in [2.05, 4.69) is 19.1 Å². The van der Waals surface area contributed by atoms with Crippen molar-refractivity contribution >= 4 is 11.8 Å². The fourth-order valence-corrected chi connectivity index (χ4v) is 2.97. The molecule has 2 N–H and O–H groups in total. The van der Waals surface area contributed by atoms with Gasteiger partial charge in [0.15, 0.2) is 11.6 Å². The van der Waals surface area contributed by atoms with Crippen LogP contribution in [0, 0.1) is 12.7 Å². The molecule has 2 aromatic rings. The molecule has 0 aliphatic heterocycles. The topological polar surface area (TPSA) is 35.2 Å². The fourth-order valence-electron chi connectivity index (χ4n) is 1.96. The van der Waals surface area contributed by atoms with Crippen LogP contribution < -0.4 is 10.5 Å². The van der Waals surface area contributed by atoms with Crippen LogP contribution in [0.2, 0.25) is 0 Å². The first-order chi connectivity index (χ1) is 9.63. The molecular weight excluding hydrogens is 273 g/mol. The first kappa shape index (κ1) is 14.9. The van der Waals surface area contributed by atoms with E-state index < -0.39 is 0 Å². The Morgan fingerprint density at radius 2 is 1.95 bits per heavy atom. The van der Waals surface area contributed by atoms with Crippen molar-refractivity contribution < 1.29 is 9.13 Å². The zero-order chi connectivity index (χ0) is 14.5. The lowest BCUT2D eigenvalue weighted by Gasteiger charge is -2.15. The maximum Gasteiger partial charge on any atom is 0.169 e. The first-order valence-electron chi connectivity index (χ1n) is 6.40. The normalized spacial score (nSPS) is 12.2. The highest BCUT2D eigenvalue weighted by molar-refractivity contribution is 7.99. The number of nitrogens with two attached hydrogens (primary N) is 1. The van der Waals surface area contributed by atoms with Gasteiger partial charge in [-0.25, -0.2) is 4.39 Å². The molecule has 0 aromatic heterocycles. The van der Waals surface area contributed by atoms with Gasteiger partial charge in [0, 0.05) is 22.3 Å². The zero-order valence-corrected chi connectivity index (χ0v) is 12.4. The summed E-state index contributed by atoms with van der Waals surface area (Å²) in [6.07, 6.45) is 0. The molecule has 0 saturated carbocycles. The Bertz CT molecular complexity index is 588. The quantitative estimate of drug-likeness (QED) is 0.848. The van der Waals surface area contributed by atoms with Crippen LogP contribution in [0.15, 0.2) is 47.4 Å². The van der Waals surface area contributed by atoms with Crippen molar-refractivity contribution in [2.24, 2.45) is 5.73 Å². The van der Waals surface area contributed by atoms with Crippen molar-refractivity contribution in [2.45, 2.75) is 17.9 Å². The summed E-state index contributed by atoms with van der Waals surface area (Å²) in [5.41, 5.74) is 7.80. The minimum atomic E-state index is -0.368. The lowest BCUT2D eigenvalue weighted by molar-refractivity contribution is 0.383. The lowest BCUT2D eigenvalue weighted by atomic mass is 10.1. The molecule has 4 heteroatoms.